The van der Waals surface area contributed by atoms with Gasteiger partial charge in [0.15, 0.2) is 0 Å². The van der Waals surface area contributed by atoms with Crippen molar-refractivity contribution in [3.8, 4) is 0 Å². The van der Waals surface area contributed by atoms with Crippen LogP contribution in [0.25, 0.3) is 0 Å². The molecule has 0 radical (unpaired) electrons. The highest BCUT2D eigenvalue weighted by atomic mass is 16.5. The molecule has 0 bridgehead atoms. The summed E-state index contributed by atoms with van der Waals surface area (Å²) >= 11 is 0. The van der Waals surface area contributed by atoms with Crippen molar-refractivity contribution in [3.05, 3.63) is 0 Å². The minimum absolute atomic E-state index is 0.0551. The first kappa shape index (κ1) is 16.9. The van der Waals surface area contributed by atoms with Crippen LogP contribution < -0.4 is 0 Å². The summed E-state index contributed by atoms with van der Waals surface area (Å²) in [5, 5.41) is 0. The standard InChI is InChI=1S/C13H24O5/c1-10(9-18-13(2,3)4)8-17-12(15)7-6-11(14)16-5/h10H,6-9H2,1-5H3/t10-/m0/s1. The maximum atomic E-state index is 11.3. The van der Waals surface area contributed by atoms with Crippen molar-refractivity contribution >= 4 is 11.9 Å². The van der Waals surface area contributed by atoms with E-state index in [1.54, 1.807) is 0 Å². The Morgan fingerprint density at radius 3 is 2.11 bits per heavy atom. The van der Waals surface area contributed by atoms with E-state index in [1.807, 2.05) is 27.7 Å². The molecular formula is C13H24O5. The lowest BCUT2D eigenvalue weighted by Crippen LogP contribution is -2.25. The molecule has 18 heavy (non-hydrogen) atoms. The van der Waals surface area contributed by atoms with Crippen molar-refractivity contribution in [2.24, 2.45) is 5.92 Å². The topological polar surface area (TPSA) is 61.8 Å². The largest absolute Gasteiger partial charge is 0.469 e. The lowest BCUT2D eigenvalue weighted by atomic mass is 10.1. The predicted octanol–water partition coefficient (Wildman–Crippen LogP) is 1.93. The van der Waals surface area contributed by atoms with E-state index >= 15 is 0 Å². The van der Waals surface area contributed by atoms with Crippen molar-refractivity contribution in [1.82, 2.24) is 0 Å². The van der Waals surface area contributed by atoms with Crippen molar-refractivity contribution in [2.75, 3.05) is 20.3 Å². The van der Waals surface area contributed by atoms with Gasteiger partial charge in [0.05, 0.1) is 38.8 Å². The Labute approximate surface area is 109 Å². The Balaban J connectivity index is 3.68. The first-order chi connectivity index (χ1) is 8.24. The number of hydrogen-bond donors (Lipinski definition) is 0. The Kier molecular flexibility index (Phi) is 7.59. The molecule has 0 fully saturated rings. The fourth-order valence-electron chi connectivity index (χ4n) is 1.05. The van der Waals surface area contributed by atoms with Crippen LogP contribution in [0.3, 0.4) is 0 Å². The number of rotatable bonds is 7. The van der Waals surface area contributed by atoms with Crippen LogP contribution in [0.2, 0.25) is 0 Å². The Bertz CT molecular complexity index is 267. The van der Waals surface area contributed by atoms with Gasteiger partial charge in [-0.2, -0.15) is 0 Å². The molecule has 0 saturated heterocycles. The molecule has 0 aromatic rings. The Morgan fingerprint density at radius 1 is 1.06 bits per heavy atom. The van der Waals surface area contributed by atoms with Crippen molar-refractivity contribution < 1.29 is 23.8 Å². The van der Waals surface area contributed by atoms with Gasteiger partial charge in [0.2, 0.25) is 0 Å². The van der Waals surface area contributed by atoms with Crippen LogP contribution in [-0.2, 0) is 23.8 Å². The zero-order chi connectivity index (χ0) is 14.2. The first-order valence-corrected chi connectivity index (χ1v) is 6.11. The molecule has 0 aliphatic rings. The second-order valence-electron chi connectivity index (χ2n) is 5.29. The molecule has 0 spiro atoms. The molecule has 106 valence electrons. The number of carbonyl (C=O) groups is 2. The van der Waals surface area contributed by atoms with Gasteiger partial charge >= 0.3 is 11.9 Å². The van der Waals surface area contributed by atoms with E-state index in [9.17, 15) is 9.59 Å². The van der Waals surface area contributed by atoms with E-state index < -0.39 is 5.97 Å². The third-order valence-corrected chi connectivity index (χ3v) is 2.09. The van der Waals surface area contributed by atoms with Crippen molar-refractivity contribution in [2.45, 2.75) is 46.1 Å². The molecule has 0 unspecified atom stereocenters. The molecular weight excluding hydrogens is 236 g/mol. The van der Waals surface area contributed by atoms with Gasteiger partial charge in [0, 0.05) is 5.92 Å². The van der Waals surface area contributed by atoms with E-state index in [-0.39, 0.29) is 30.3 Å². The minimum Gasteiger partial charge on any atom is -0.469 e. The highest BCUT2D eigenvalue weighted by molar-refractivity contribution is 5.77. The number of hydrogen-bond acceptors (Lipinski definition) is 5. The molecule has 0 N–H and O–H groups in total. The van der Waals surface area contributed by atoms with Crippen LogP contribution in [0.1, 0.15) is 40.5 Å². The second kappa shape index (κ2) is 8.08. The third kappa shape index (κ3) is 10.1. The van der Waals surface area contributed by atoms with Gasteiger partial charge in [-0.15, -0.1) is 0 Å². The summed E-state index contributed by atoms with van der Waals surface area (Å²) in [4.78, 5) is 22.1. The molecule has 0 aliphatic heterocycles. The minimum atomic E-state index is -0.406. The zero-order valence-corrected chi connectivity index (χ0v) is 11.9. The fraction of sp³-hybridized carbons (Fsp3) is 0.846. The molecule has 0 aromatic carbocycles. The maximum Gasteiger partial charge on any atom is 0.306 e. The van der Waals surface area contributed by atoms with Crippen LogP contribution >= 0.6 is 0 Å². The summed E-state index contributed by atoms with van der Waals surface area (Å²) in [5.74, 6) is -0.662. The molecule has 0 heterocycles. The van der Waals surface area contributed by atoms with Crippen LogP contribution in [0.15, 0.2) is 0 Å². The predicted molar refractivity (Wildman–Crippen MR) is 67.1 cm³/mol. The van der Waals surface area contributed by atoms with Crippen LogP contribution in [0, 0.1) is 5.92 Å². The average molecular weight is 260 g/mol. The van der Waals surface area contributed by atoms with Crippen LogP contribution in [-0.4, -0.2) is 37.9 Å². The molecule has 0 saturated carbocycles. The monoisotopic (exact) mass is 260 g/mol. The first-order valence-electron chi connectivity index (χ1n) is 6.11. The summed E-state index contributed by atoms with van der Waals surface area (Å²) in [6, 6.07) is 0. The molecule has 0 aliphatic carbocycles. The summed E-state index contributed by atoms with van der Waals surface area (Å²) in [5.41, 5.74) is -0.191. The van der Waals surface area contributed by atoms with E-state index in [1.165, 1.54) is 7.11 Å². The number of carbonyl (C=O) groups excluding carboxylic acids is 2. The smallest absolute Gasteiger partial charge is 0.306 e. The molecule has 5 nitrogen and oxygen atoms in total. The third-order valence-electron chi connectivity index (χ3n) is 2.09. The van der Waals surface area contributed by atoms with Crippen molar-refractivity contribution in [1.29, 1.82) is 0 Å². The highest BCUT2D eigenvalue weighted by Crippen LogP contribution is 2.10. The summed E-state index contributed by atoms with van der Waals surface area (Å²) < 4.78 is 15.0. The zero-order valence-electron chi connectivity index (χ0n) is 11.9. The lowest BCUT2D eigenvalue weighted by molar-refractivity contribution is -0.150. The van der Waals surface area contributed by atoms with E-state index in [2.05, 4.69) is 4.74 Å². The van der Waals surface area contributed by atoms with Crippen molar-refractivity contribution in [3.63, 3.8) is 0 Å². The Hall–Kier alpha value is -1.10. The molecule has 0 amide bonds. The number of ether oxygens (including phenoxy) is 3. The summed E-state index contributed by atoms with van der Waals surface area (Å²) in [7, 11) is 1.29. The van der Waals surface area contributed by atoms with Crippen LogP contribution in [0.4, 0.5) is 0 Å². The second-order valence-corrected chi connectivity index (χ2v) is 5.29. The van der Waals surface area contributed by atoms with Gasteiger partial charge in [-0.05, 0) is 20.8 Å². The van der Waals surface area contributed by atoms with Crippen LogP contribution in [0.5, 0.6) is 0 Å². The van der Waals surface area contributed by atoms with Gasteiger partial charge < -0.3 is 14.2 Å². The SMILES string of the molecule is COC(=O)CCC(=O)OC[C@H](C)COC(C)(C)C. The molecule has 1 atom stereocenters. The number of methoxy groups -OCH3 is 1. The Morgan fingerprint density at radius 2 is 1.61 bits per heavy atom. The summed E-state index contributed by atoms with van der Waals surface area (Å²) in [6.45, 7) is 8.70. The van der Waals surface area contributed by atoms with E-state index in [0.717, 1.165) is 0 Å². The molecule has 0 rings (SSSR count). The average Bonchev–Trinajstić information content (AvgIpc) is 2.29. The summed E-state index contributed by atoms with van der Waals surface area (Å²) in [6.07, 6.45) is 0.113. The van der Waals surface area contributed by atoms with Gasteiger partial charge in [-0.25, -0.2) is 0 Å². The fourth-order valence-corrected chi connectivity index (χ4v) is 1.05. The molecule has 5 heteroatoms. The maximum absolute atomic E-state index is 11.3. The normalized spacial score (nSPS) is 12.9. The van der Waals surface area contributed by atoms with E-state index in [4.69, 9.17) is 9.47 Å². The van der Waals surface area contributed by atoms with Gasteiger partial charge in [0.25, 0.3) is 0 Å². The lowest BCUT2D eigenvalue weighted by Gasteiger charge is -2.22. The van der Waals surface area contributed by atoms with Gasteiger partial charge in [-0.3, -0.25) is 9.59 Å². The quantitative estimate of drug-likeness (QED) is 0.655. The highest BCUT2D eigenvalue weighted by Gasteiger charge is 2.14. The number of esters is 2. The van der Waals surface area contributed by atoms with Gasteiger partial charge in [-0.1, -0.05) is 6.92 Å². The molecule has 0 aromatic heterocycles. The van der Waals surface area contributed by atoms with Gasteiger partial charge in [0.1, 0.15) is 0 Å². The van der Waals surface area contributed by atoms with E-state index in [0.29, 0.717) is 13.2 Å².